The number of amides is 1. The molecule has 0 saturated heterocycles. The number of nitrogens with one attached hydrogen (secondary N) is 1. The van der Waals surface area contributed by atoms with E-state index in [0.29, 0.717) is 5.69 Å². The molecule has 1 N–H and O–H groups in total. The van der Waals surface area contributed by atoms with Gasteiger partial charge in [0.15, 0.2) is 0 Å². The molecule has 8 nitrogen and oxygen atoms in total. The summed E-state index contributed by atoms with van der Waals surface area (Å²) < 4.78 is 25.3. The molecule has 10 heteroatoms. The van der Waals surface area contributed by atoms with E-state index in [9.17, 15) is 23.3 Å². The van der Waals surface area contributed by atoms with Gasteiger partial charge in [0.2, 0.25) is 15.9 Å². The van der Waals surface area contributed by atoms with Gasteiger partial charge in [-0.25, -0.2) is 8.42 Å². The Morgan fingerprint density at radius 3 is 2.30 bits per heavy atom. The molecule has 0 atom stereocenters. The fourth-order valence-electron chi connectivity index (χ4n) is 2.54. The number of hydrogen-bond acceptors (Lipinski definition) is 5. The van der Waals surface area contributed by atoms with Gasteiger partial charge in [0, 0.05) is 12.1 Å². The zero-order chi connectivity index (χ0) is 20.4. The van der Waals surface area contributed by atoms with Gasteiger partial charge in [-0.2, -0.15) is 0 Å². The van der Waals surface area contributed by atoms with E-state index in [4.69, 9.17) is 11.6 Å². The fraction of sp³-hybridized carbons (Fsp3) is 0.235. The molecule has 0 radical (unpaired) electrons. The average molecular weight is 412 g/mol. The molecule has 0 fully saturated rings. The van der Waals surface area contributed by atoms with E-state index in [1.807, 2.05) is 19.9 Å². The topological polar surface area (TPSA) is 110 Å². The molecule has 0 spiro atoms. The first-order valence-electron chi connectivity index (χ1n) is 7.77. The van der Waals surface area contributed by atoms with Crippen molar-refractivity contribution in [1.82, 2.24) is 0 Å². The minimum Gasteiger partial charge on any atom is -0.323 e. The van der Waals surface area contributed by atoms with Crippen molar-refractivity contribution >= 4 is 44.6 Å². The van der Waals surface area contributed by atoms with Crippen molar-refractivity contribution < 1.29 is 18.1 Å². The number of non-ortho nitro benzene ring substituents is 1. The monoisotopic (exact) mass is 411 g/mol. The smallest absolute Gasteiger partial charge is 0.271 e. The van der Waals surface area contributed by atoms with Crippen LogP contribution in [-0.4, -0.2) is 32.0 Å². The molecule has 0 saturated carbocycles. The maximum absolute atomic E-state index is 12.4. The van der Waals surface area contributed by atoms with Crippen molar-refractivity contribution in [3.05, 3.63) is 62.7 Å². The first-order valence-corrected chi connectivity index (χ1v) is 10.00. The van der Waals surface area contributed by atoms with Crippen LogP contribution in [0.4, 0.5) is 17.1 Å². The predicted molar refractivity (Wildman–Crippen MR) is 105 cm³/mol. The second kappa shape index (κ2) is 7.93. The Labute approximate surface area is 162 Å². The summed E-state index contributed by atoms with van der Waals surface area (Å²) in [6, 6.07) is 8.79. The van der Waals surface area contributed by atoms with E-state index < -0.39 is 27.4 Å². The standard InChI is InChI=1S/C17H18ClN3O5S/c1-11-6-12(2)8-14(7-11)20(27(3,25)26)10-17(22)19-16-9-13(21(23)24)4-5-15(16)18/h4-9H,10H2,1-3H3,(H,19,22). The number of carbonyl (C=O) groups is 1. The lowest BCUT2D eigenvalue weighted by Gasteiger charge is -2.23. The molecule has 2 rings (SSSR count). The van der Waals surface area contributed by atoms with Crippen molar-refractivity contribution in [1.29, 1.82) is 0 Å². The van der Waals surface area contributed by atoms with E-state index in [1.165, 1.54) is 12.1 Å². The molecule has 0 bridgehead atoms. The van der Waals surface area contributed by atoms with Gasteiger partial charge in [0.05, 0.1) is 27.6 Å². The number of sulfonamides is 1. The zero-order valence-corrected chi connectivity index (χ0v) is 16.5. The number of carbonyl (C=O) groups excluding carboxylic acids is 1. The Bertz CT molecular complexity index is 987. The summed E-state index contributed by atoms with van der Waals surface area (Å²) in [6.45, 7) is 3.14. The number of aryl methyl sites for hydroxylation is 2. The molecule has 1 amide bonds. The quantitative estimate of drug-likeness (QED) is 0.579. The normalized spacial score (nSPS) is 11.1. The van der Waals surface area contributed by atoms with Gasteiger partial charge in [0.25, 0.3) is 5.69 Å². The fourth-order valence-corrected chi connectivity index (χ4v) is 3.54. The Balaban J connectivity index is 2.30. The Morgan fingerprint density at radius 2 is 1.78 bits per heavy atom. The van der Waals surface area contributed by atoms with E-state index in [2.05, 4.69) is 5.32 Å². The molecule has 0 aliphatic heterocycles. The largest absolute Gasteiger partial charge is 0.323 e. The van der Waals surface area contributed by atoms with Crippen LogP contribution in [0.15, 0.2) is 36.4 Å². The van der Waals surface area contributed by atoms with E-state index in [0.717, 1.165) is 27.8 Å². The minimum atomic E-state index is -3.74. The van der Waals surface area contributed by atoms with Crippen LogP contribution in [0.2, 0.25) is 5.02 Å². The van der Waals surface area contributed by atoms with E-state index >= 15 is 0 Å². The third-order valence-corrected chi connectivity index (χ3v) is 5.09. The van der Waals surface area contributed by atoms with Crippen molar-refractivity contribution in [3.63, 3.8) is 0 Å². The molecule has 0 aliphatic carbocycles. The second-order valence-electron chi connectivity index (χ2n) is 6.08. The first kappa shape index (κ1) is 20.7. The summed E-state index contributed by atoms with van der Waals surface area (Å²) >= 11 is 5.96. The van der Waals surface area contributed by atoms with Gasteiger partial charge in [-0.15, -0.1) is 0 Å². The van der Waals surface area contributed by atoms with Crippen molar-refractivity contribution in [2.45, 2.75) is 13.8 Å². The van der Waals surface area contributed by atoms with E-state index in [1.54, 1.807) is 12.1 Å². The number of rotatable bonds is 6. The van der Waals surface area contributed by atoms with Crippen LogP contribution in [0.25, 0.3) is 0 Å². The number of hydrogen-bond donors (Lipinski definition) is 1. The highest BCUT2D eigenvalue weighted by Gasteiger charge is 2.22. The number of benzene rings is 2. The summed E-state index contributed by atoms with van der Waals surface area (Å²) in [5, 5.41) is 13.4. The van der Waals surface area contributed by atoms with Crippen molar-refractivity contribution in [2.24, 2.45) is 0 Å². The highest BCUT2D eigenvalue weighted by molar-refractivity contribution is 7.92. The third kappa shape index (κ3) is 5.41. The van der Waals surface area contributed by atoms with Crippen LogP contribution in [-0.2, 0) is 14.8 Å². The van der Waals surface area contributed by atoms with Gasteiger partial charge < -0.3 is 5.32 Å². The predicted octanol–water partition coefficient (Wildman–Crippen LogP) is 3.27. The molecular formula is C17H18ClN3O5S. The van der Waals surface area contributed by atoms with Gasteiger partial charge in [-0.3, -0.25) is 19.2 Å². The van der Waals surface area contributed by atoms with Gasteiger partial charge in [-0.05, 0) is 43.2 Å². The van der Waals surface area contributed by atoms with Gasteiger partial charge in [0.1, 0.15) is 6.54 Å². The molecule has 0 heterocycles. The molecule has 0 unspecified atom stereocenters. The Hall–Kier alpha value is -2.65. The first-order chi connectivity index (χ1) is 12.5. The van der Waals surface area contributed by atoms with Crippen LogP contribution < -0.4 is 9.62 Å². The molecule has 144 valence electrons. The van der Waals surface area contributed by atoms with Crippen LogP contribution >= 0.6 is 11.6 Å². The van der Waals surface area contributed by atoms with Crippen LogP contribution in [0.5, 0.6) is 0 Å². The summed E-state index contributed by atoms with van der Waals surface area (Å²) in [6.07, 6.45) is 0.998. The third-order valence-electron chi connectivity index (χ3n) is 3.62. The summed E-state index contributed by atoms with van der Waals surface area (Å²) in [5.74, 6) is -0.679. The highest BCUT2D eigenvalue weighted by atomic mass is 35.5. The lowest BCUT2D eigenvalue weighted by Crippen LogP contribution is -2.37. The van der Waals surface area contributed by atoms with Crippen LogP contribution in [0.1, 0.15) is 11.1 Å². The molecular weight excluding hydrogens is 394 g/mol. The summed E-state index contributed by atoms with van der Waals surface area (Å²) in [4.78, 5) is 22.7. The SMILES string of the molecule is Cc1cc(C)cc(N(CC(=O)Nc2cc([N+](=O)[O-])ccc2Cl)S(C)(=O)=O)c1. The van der Waals surface area contributed by atoms with Crippen molar-refractivity contribution in [3.8, 4) is 0 Å². The minimum absolute atomic E-state index is 0.0322. The molecule has 2 aromatic carbocycles. The van der Waals surface area contributed by atoms with Crippen LogP contribution in [0, 0.1) is 24.0 Å². The highest BCUT2D eigenvalue weighted by Crippen LogP contribution is 2.27. The van der Waals surface area contributed by atoms with Crippen molar-refractivity contribution in [2.75, 3.05) is 22.4 Å². The van der Waals surface area contributed by atoms with E-state index in [-0.39, 0.29) is 16.4 Å². The van der Waals surface area contributed by atoms with Crippen LogP contribution in [0.3, 0.4) is 0 Å². The Morgan fingerprint density at radius 1 is 1.19 bits per heavy atom. The van der Waals surface area contributed by atoms with Gasteiger partial charge >= 0.3 is 0 Å². The molecule has 0 aromatic heterocycles. The van der Waals surface area contributed by atoms with Gasteiger partial charge in [-0.1, -0.05) is 17.7 Å². The summed E-state index contributed by atoms with van der Waals surface area (Å²) in [7, 11) is -3.74. The molecule has 27 heavy (non-hydrogen) atoms. The molecule has 2 aromatic rings. The number of halogens is 1. The second-order valence-corrected chi connectivity index (χ2v) is 8.40. The summed E-state index contributed by atoms with van der Waals surface area (Å²) in [5.41, 5.74) is 1.84. The lowest BCUT2D eigenvalue weighted by molar-refractivity contribution is -0.384. The Kier molecular flexibility index (Phi) is 6.07. The number of nitrogens with zero attached hydrogens (tertiary/aromatic N) is 2. The molecule has 0 aliphatic rings. The average Bonchev–Trinajstić information content (AvgIpc) is 2.52. The lowest BCUT2D eigenvalue weighted by atomic mass is 10.1. The number of nitro benzene ring substituents is 1. The maximum Gasteiger partial charge on any atom is 0.271 e. The zero-order valence-electron chi connectivity index (χ0n) is 14.9. The number of anilines is 2. The maximum atomic E-state index is 12.4. The number of nitro groups is 1.